The van der Waals surface area contributed by atoms with Gasteiger partial charge in [0.05, 0.1) is 6.54 Å². The molecule has 0 spiro atoms. The van der Waals surface area contributed by atoms with Crippen LogP contribution in [0.15, 0.2) is 0 Å². The molecule has 0 aliphatic carbocycles. The normalized spacial score (nSPS) is 21.4. The first-order valence-corrected chi connectivity index (χ1v) is 7.44. The Hall–Kier alpha value is -0.320. The molecule has 1 N–H and O–H groups in total. The fourth-order valence-corrected chi connectivity index (χ4v) is 3.04. The summed E-state index contributed by atoms with van der Waals surface area (Å²) in [7, 11) is 2.02. The lowest BCUT2D eigenvalue weighted by Gasteiger charge is -2.32. The van der Waals surface area contributed by atoms with Gasteiger partial charge in [-0.2, -0.15) is 0 Å². The molecule has 0 radical (unpaired) electrons. The van der Waals surface area contributed by atoms with E-state index in [-0.39, 0.29) is 12.4 Å². The number of nitrogens with zero attached hydrogens (tertiary/aromatic N) is 2. The second kappa shape index (κ2) is 8.77. The number of hydrogen-bond donors (Lipinski definition) is 1. The summed E-state index contributed by atoms with van der Waals surface area (Å²) in [5.41, 5.74) is 0. The summed E-state index contributed by atoms with van der Waals surface area (Å²) in [6.45, 7) is 5.95. The molecule has 0 atom stereocenters. The Kier molecular flexibility index (Phi) is 7.73. The maximum absolute atomic E-state index is 12.0. The van der Waals surface area contributed by atoms with E-state index < -0.39 is 0 Å². The van der Waals surface area contributed by atoms with Crippen LogP contribution in [0.3, 0.4) is 0 Å². The van der Waals surface area contributed by atoms with Gasteiger partial charge in [-0.15, -0.1) is 12.4 Å². The van der Waals surface area contributed by atoms with Crippen LogP contribution in [0.5, 0.6) is 0 Å². The molecule has 0 aromatic heterocycles. The fraction of sp³-hybridized carbons (Fsp3) is 0.929. The molecule has 19 heavy (non-hydrogen) atoms. The van der Waals surface area contributed by atoms with Gasteiger partial charge in [0.2, 0.25) is 5.91 Å². The van der Waals surface area contributed by atoms with Gasteiger partial charge in [-0.05, 0) is 64.7 Å². The molecule has 2 aliphatic rings. The smallest absolute Gasteiger partial charge is 0.236 e. The summed E-state index contributed by atoms with van der Waals surface area (Å²) in [6.07, 6.45) is 6.18. The highest BCUT2D eigenvalue weighted by molar-refractivity contribution is 5.85. The number of carbonyl (C=O) groups excluding carboxylic acids is 1. The standard InChI is InChI=1S/C14H27N3O.ClH/c1-15-7-4-13-5-10-16(11-6-13)12-14(18)17-8-2-3-9-17;/h13,15H,2-12H2,1H3;1H. The van der Waals surface area contributed by atoms with Crippen molar-refractivity contribution in [2.75, 3.05) is 46.3 Å². The minimum Gasteiger partial charge on any atom is -0.342 e. The van der Waals surface area contributed by atoms with Crippen molar-refractivity contribution >= 4 is 18.3 Å². The Balaban J connectivity index is 0.00000180. The number of likely N-dealkylation sites (tertiary alicyclic amines) is 2. The zero-order valence-corrected chi connectivity index (χ0v) is 12.9. The molecule has 112 valence electrons. The predicted molar refractivity (Wildman–Crippen MR) is 80.8 cm³/mol. The van der Waals surface area contributed by atoms with E-state index in [1.807, 2.05) is 11.9 Å². The molecule has 0 aromatic rings. The third-order valence-corrected chi connectivity index (χ3v) is 4.33. The van der Waals surface area contributed by atoms with Crippen LogP contribution in [0.1, 0.15) is 32.1 Å². The van der Waals surface area contributed by atoms with E-state index in [9.17, 15) is 4.79 Å². The topological polar surface area (TPSA) is 35.6 Å². The quantitative estimate of drug-likeness (QED) is 0.830. The predicted octanol–water partition coefficient (Wildman–Crippen LogP) is 1.35. The summed E-state index contributed by atoms with van der Waals surface area (Å²) < 4.78 is 0. The lowest BCUT2D eigenvalue weighted by molar-refractivity contribution is -0.131. The van der Waals surface area contributed by atoms with Gasteiger partial charge in [0, 0.05) is 13.1 Å². The number of amides is 1. The summed E-state index contributed by atoms with van der Waals surface area (Å²) >= 11 is 0. The summed E-state index contributed by atoms with van der Waals surface area (Å²) in [5, 5.41) is 3.22. The van der Waals surface area contributed by atoms with Crippen molar-refractivity contribution in [3.63, 3.8) is 0 Å². The monoisotopic (exact) mass is 289 g/mol. The summed E-state index contributed by atoms with van der Waals surface area (Å²) in [4.78, 5) is 16.4. The van der Waals surface area contributed by atoms with Crippen molar-refractivity contribution in [2.24, 2.45) is 5.92 Å². The van der Waals surface area contributed by atoms with Crippen LogP contribution in [0.4, 0.5) is 0 Å². The third-order valence-electron chi connectivity index (χ3n) is 4.33. The Morgan fingerprint density at radius 2 is 1.79 bits per heavy atom. The highest BCUT2D eigenvalue weighted by atomic mass is 35.5. The minimum absolute atomic E-state index is 0. The molecule has 0 unspecified atom stereocenters. The zero-order chi connectivity index (χ0) is 12.8. The Labute approximate surface area is 123 Å². The van der Waals surface area contributed by atoms with Crippen molar-refractivity contribution in [3.05, 3.63) is 0 Å². The third kappa shape index (κ3) is 5.28. The molecule has 5 heteroatoms. The SMILES string of the molecule is CNCCC1CCN(CC(=O)N2CCCC2)CC1.Cl. The zero-order valence-electron chi connectivity index (χ0n) is 12.1. The number of hydrogen-bond acceptors (Lipinski definition) is 3. The number of halogens is 1. The van der Waals surface area contributed by atoms with E-state index in [1.54, 1.807) is 0 Å². The molecular formula is C14H28ClN3O. The van der Waals surface area contributed by atoms with Gasteiger partial charge in [-0.1, -0.05) is 0 Å². The van der Waals surface area contributed by atoms with Crippen LogP contribution in [0.25, 0.3) is 0 Å². The van der Waals surface area contributed by atoms with Crippen molar-refractivity contribution in [3.8, 4) is 0 Å². The first-order valence-electron chi connectivity index (χ1n) is 7.44. The van der Waals surface area contributed by atoms with Crippen LogP contribution in [0, 0.1) is 5.92 Å². The van der Waals surface area contributed by atoms with E-state index in [2.05, 4.69) is 10.2 Å². The average Bonchev–Trinajstić information content (AvgIpc) is 2.92. The number of piperidine rings is 1. The van der Waals surface area contributed by atoms with Gasteiger partial charge in [0.15, 0.2) is 0 Å². The molecule has 1 amide bonds. The molecule has 2 rings (SSSR count). The van der Waals surface area contributed by atoms with Crippen molar-refractivity contribution in [1.82, 2.24) is 15.1 Å². The highest BCUT2D eigenvalue weighted by Gasteiger charge is 2.23. The molecule has 4 nitrogen and oxygen atoms in total. The Morgan fingerprint density at radius 1 is 1.16 bits per heavy atom. The number of carbonyl (C=O) groups is 1. The summed E-state index contributed by atoms with van der Waals surface area (Å²) in [5.74, 6) is 1.21. The molecule has 0 saturated carbocycles. The van der Waals surface area contributed by atoms with Crippen molar-refractivity contribution in [1.29, 1.82) is 0 Å². The largest absolute Gasteiger partial charge is 0.342 e. The fourth-order valence-electron chi connectivity index (χ4n) is 3.04. The highest BCUT2D eigenvalue weighted by Crippen LogP contribution is 2.20. The van der Waals surface area contributed by atoms with Gasteiger partial charge in [-0.3, -0.25) is 9.69 Å². The van der Waals surface area contributed by atoms with Crippen LogP contribution < -0.4 is 5.32 Å². The second-order valence-corrected chi connectivity index (χ2v) is 5.70. The Morgan fingerprint density at radius 3 is 2.37 bits per heavy atom. The lowest BCUT2D eigenvalue weighted by Crippen LogP contribution is -2.42. The van der Waals surface area contributed by atoms with Crippen LogP contribution >= 0.6 is 12.4 Å². The van der Waals surface area contributed by atoms with E-state index in [0.717, 1.165) is 38.6 Å². The van der Waals surface area contributed by atoms with Gasteiger partial charge in [0.25, 0.3) is 0 Å². The first kappa shape index (κ1) is 16.7. The molecule has 0 aromatic carbocycles. The maximum atomic E-state index is 12.0. The molecular weight excluding hydrogens is 262 g/mol. The van der Waals surface area contributed by atoms with Gasteiger partial charge < -0.3 is 10.2 Å². The van der Waals surface area contributed by atoms with Crippen molar-refractivity contribution in [2.45, 2.75) is 32.1 Å². The molecule has 0 bridgehead atoms. The van der Waals surface area contributed by atoms with Crippen LogP contribution in [0.2, 0.25) is 0 Å². The lowest BCUT2D eigenvalue weighted by atomic mass is 9.93. The van der Waals surface area contributed by atoms with E-state index >= 15 is 0 Å². The molecule has 2 heterocycles. The van der Waals surface area contributed by atoms with E-state index in [1.165, 1.54) is 32.1 Å². The summed E-state index contributed by atoms with van der Waals surface area (Å²) in [6, 6.07) is 0. The molecule has 2 saturated heterocycles. The number of nitrogens with one attached hydrogen (secondary N) is 1. The molecule has 2 aliphatic heterocycles. The minimum atomic E-state index is 0. The second-order valence-electron chi connectivity index (χ2n) is 5.70. The van der Waals surface area contributed by atoms with Crippen LogP contribution in [-0.2, 0) is 4.79 Å². The first-order chi connectivity index (χ1) is 8.79. The Bertz CT molecular complexity index is 261. The number of rotatable bonds is 5. The van der Waals surface area contributed by atoms with Gasteiger partial charge >= 0.3 is 0 Å². The van der Waals surface area contributed by atoms with E-state index in [4.69, 9.17) is 0 Å². The molecule has 2 fully saturated rings. The maximum Gasteiger partial charge on any atom is 0.236 e. The van der Waals surface area contributed by atoms with Crippen molar-refractivity contribution < 1.29 is 4.79 Å². The van der Waals surface area contributed by atoms with Gasteiger partial charge in [-0.25, -0.2) is 0 Å². The average molecular weight is 290 g/mol. The van der Waals surface area contributed by atoms with Crippen LogP contribution in [-0.4, -0.2) is 62.0 Å². The van der Waals surface area contributed by atoms with Gasteiger partial charge in [0.1, 0.15) is 0 Å². The van der Waals surface area contributed by atoms with E-state index in [0.29, 0.717) is 12.5 Å².